The molecule has 9 nitrogen and oxygen atoms in total. The van der Waals surface area contributed by atoms with Crippen LogP contribution in [-0.4, -0.2) is 82.5 Å². The van der Waals surface area contributed by atoms with E-state index in [2.05, 4.69) is 15.2 Å². The number of ether oxygens (including phenoxy) is 1. The van der Waals surface area contributed by atoms with E-state index in [4.69, 9.17) is 27.1 Å². The Kier molecular flexibility index (Phi) is 8.63. The minimum absolute atomic E-state index is 0.00512. The lowest BCUT2D eigenvalue weighted by Crippen LogP contribution is -2.50. The number of nitrogen functional groups attached to an aromatic ring is 1. The molecule has 13 heteroatoms. The van der Waals surface area contributed by atoms with E-state index in [-0.39, 0.29) is 53.3 Å². The first kappa shape index (κ1) is 32.2. The fourth-order valence-corrected chi connectivity index (χ4v) is 8.37. The smallest absolute Gasteiger partial charge is 0.319 e. The lowest BCUT2D eigenvalue weighted by Gasteiger charge is -2.40. The molecular formula is C34H40ClF3N6O3. The number of aliphatic hydroxyl groups is 1. The average molecular weight is 673 g/mol. The third-order valence-electron chi connectivity index (χ3n) is 10.5. The van der Waals surface area contributed by atoms with E-state index >= 15 is 4.39 Å². The van der Waals surface area contributed by atoms with E-state index in [0.29, 0.717) is 86.9 Å². The number of fused-ring (bicyclic) bond motifs is 9. The first-order chi connectivity index (χ1) is 22.6. The van der Waals surface area contributed by atoms with Gasteiger partial charge in [-0.1, -0.05) is 17.7 Å². The number of rotatable bonds is 3. The summed E-state index contributed by atoms with van der Waals surface area (Å²) in [7, 11) is 0. The maximum absolute atomic E-state index is 16.9. The van der Waals surface area contributed by atoms with Gasteiger partial charge in [0.15, 0.2) is 11.6 Å². The van der Waals surface area contributed by atoms with E-state index < -0.39 is 28.9 Å². The Balaban J connectivity index is 1.36. The molecule has 5 aliphatic heterocycles. The number of carbonyl (C=O) groups excluding carboxylic acids is 1. The third kappa shape index (κ3) is 6.08. The van der Waals surface area contributed by atoms with Crippen LogP contribution in [0, 0.1) is 11.6 Å². The molecule has 3 saturated heterocycles. The first-order valence-corrected chi connectivity index (χ1v) is 17.0. The van der Waals surface area contributed by atoms with Gasteiger partial charge in [0.25, 0.3) is 0 Å². The van der Waals surface area contributed by atoms with E-state index in [1.165, 1.54) is 6.07 Å². The summed E-state index contributed by atoms with van der Waals surface area (Å²) >= 11 is 6.48. The second-order valence-electron chi connectivity index (χ2n) is 13.7. The van der Waals surface area contributed by atoms with Gasteiger partial charge in [-0.25, -0.2) is 13.2 Å². The van der Waals surface area contributed by atoms with Crippen LogP contribution in [-0.2, 0) is 11.2 Å². The van der Waals surface area contributed by atoms with Gasteiger partial charge in [-0.2, -0.15) is 9.97 Å². The highest BCUT2D eigenvalue weighted by Gasteiger charge is 2.49. The van der Waals surface area contributed by atoms with Gasteiger partial charge in [0, 0.05) is 50.0 Å². The molecule has 6 heterocycles. The number of halogens is 4. The number of piperidine rings is 1. The van der Waals surface area contributed by atoms with E-state index in [0.717, 1.165) is 19.4 Å². The first-order valence-electron chi connectivity index (χ1n) is 16.6. The standard InChI is InChI=1S/C34H40ClF3N6O3/c35-27-21-5-1-2-6-26(45)40-12-11-34(46)10-4-13-43(18-34)31-23-8-7-22(24(21)15-25(39)29(27)38)28(37)30(23)41-32(42-31)47-19-33-9-3-14-44(33)17-20(36)16-33/h7-8,15,20,46H,1-6,9-14,16-19,39H2,(H,40,45)/t20-,33+,34?/m1/s1. The summed E-state index contributed by atoms with van der Waals surface area (Å²) in [4.78, 5) is 26.0. The number of nitrogens with zero attached hydrogens (tertiary/aromatic N) is 4. The van der Waals surface area contributed by atoms with E-state index in [1.54, 1.807) is 12.1 Å². The number of carbonyl (C=O) groups is 1. The molecule has 3 aromatic rings. The largest absolute Gasteiger partial charge is 0.461 e. The van der Waals surface area contributed by atoms with Crippen LogP contribution in [0.25, 0.3) is 22.0 Å². The fourth-order valence-electron chi connectivity index (χ4n) is 8.06. The van der Waals surface area contributed by atoms with Crippen LogP contribution in [0.15, 0.2) is 18.2 Å². The van der Waals surface area contributed by atoms with Crippen LogP contribution < -0.4 is 20.7 Å². The van der Waals surface area contributed by atoms with Gasteiger partial charge >= 0.3 is 6.01 Å². The molecule has 3 fully saturated rings. The van der Waals surface area contributed by atoms with Crippen molar-refractivity contribution < 1.29 is 27.8 Å². The minimum atomic E-state index is -1.10. The zero-order chi connectivity index (χ0) is 32.9. The van der Waals surface area contributed by atoms with Crippen LogP contribution in [0.4, 0.5) is 24.7 Å². The number of benzene rings is 2. The summed E-state index contributed by atoms with van der Waals surface area (Å²) in [5.74, 6) is -1.17. The topological polar surface area (TPSA) is 117 Å². The molecule has 1 aromatic heterocycles. The normalized spacial score (nSPS) is 27.0. The summed E-state index contributed by atoms with van der Waals surface area (Å²) in [6.07, 6.45) is 4.24. The van der Waals surface area contributed by atoms with Crippen LogP contribution >= 0.6 is 11.6 Å². The molecule has 1 amide bonds. The summed E-state index contributed by atoms with van der Waals surface area (Å²) in [5, 5.41) is 14.8. The van der Waals surface area contributed by atoms with Gasteiger partial charge in [0.05, 0.1) is 21.8 Å². The molecule has 0 saturated carbocycles. The lowest BCUT2D eigenvalue weighted by atomic mass is 9.89. The molecule has 0 aliphatic carbocycles. The van der Waals surface area contributed by atoms with Crippen LogP contribution in [0.1, 0.15) is 63.4 Å². The van der Waals surface area contributed by atoms with Crippen molar-refractivity contribution in [3.8, 4) is 17.1 Å². The highest BCUT2D eigenvalue weighted by molar-refractivity contribution is 6.32. The number of hydrogen-bond donors (Lipinski definition) is 3. The summed E-state index contributed by atoms with van der Waals surface area (Å²) in [6, 6.07) is 4.67. The molecule has 2 aromatic carbocycles. The average Bonchev–Trinajstić information content (AvgIpc) is 3.57. The van der Waals surface area contributed by atoms with Crippen molar-refractivity contribution >= 4 is 39.9 Å². The van der Waals surface area contributed by atoms with Crippen molar-refractivity contribution in [2.45, 2.75) is 81.5 Å². The Bertz CT molecular complexity index is 1710. The third-order valence-corrected chi connectivity index (χ3v) is 10.9. The Hall–Kier alpha value is -3.35. The zero-order valence-corrected chi connectivity index (χ0v) is 27.0. The van der Waals surface area contributed by atoms with Gasteiger partial charge in [-0.15, -0.1) is 0 Å². The minimum Gasteiger partial charge on any atom is -0.461 e. The van der Waals surface area contributed by atoms with Crippen LogP contribution in [0.5, 0.6) is 6.01 Å². The van der Waals surface area contributed by atoms with Crippen molar-refractivity contribution in [1.29, 1.82) is 0 Å². The van der Waals surface area contributed by atoms with Crippen LogP contribution in [0.2, 0.25) is 5.02 Å². The molecule has 3 atom stereocenters. The lowest BCUT2D eigenvalue weighted by molar-refractivity contribution is -0.121. The van der Waals surface area contributed by atoms with Gasteiger partial charge < -0.3 is 25.8 Å². The molecule has 4 N–H and O–H groups in total. The van der Waals surface area contributed by atoms with Crippen molar-refractivity contribution in [3.05, 3.63) is 40.4 Å². The highest BCUT2D eigenvalue weighted by atomic mass is 35.5. The quantitative estimate of drug-likeness (QED) is 0.320. The van der Waals surface area contributed by atoms with Crippen molar-refractivity contribution in [2.24, 2.45) is 0 Å². The molecular weight excluding hydrogens is 633 g/mol. The number of aromatic nitrogens is 2. The predicted molar refractivity (Wildman–Crippen MR) is 174 cm³/mol. The number of hydrogen-bond acceptors (Lipinski definition) is 8. The van der Waals surface area contributed by atoms with Gasteiger partial charge in [-0.05, 0) is 81.2 Å². The summed E-state index contributed by atoms with van der Waals surface area (Å²) in [6.45, 7) is 2.39. The Morgan fingerprint density at radius 2 is 1.87 bits per heavy atom. The second kappa shape index (κ2) is 12.6. The molecule has 5 aliphatic rings. The fraction of sp³-hybridized carbons (Fsp3) is 0.559. The molecule has 0 radical (unpaired) electrons. The van der Waals surface area contributed by atoms with Gasteiger partial charge in [0.2, 0.25) is 5.91 Å². The highest BCUT2D eigenvalue weighted by Crippen LogP contribution is 2.42. The molecule has 1 unspecified atom stereocenters. The molecule has 47 heavy (non-hydrogen) atoms. The molecule has 252 valence electrons. The van der Waals surface area contributed by atoms with Crippen molar-refractivity contribution in [2.75, 3.05) is 50.0 Å². The number of nitrogens with one attached hydrogen (secondary N) is 1. The van der Waals surface area contributed by atoms with Crippen molar-refractivity contribution in [3.63, 3.8) is 0 Å². The monoisotopic (exact) mass is 672 g/mol. The van der Waals surface area contributed by atoms with Gasteiger partial charge in [0.1, 0.15) is 24.1 Å². The molecule has 0 spiro atoms. The predicted octanol–water partition coefficient (Wildman–Crippen LogP) is 5.33. The van der Waals surface area contributed by atoms with Crippen molar-refractivity contribution in [1.82, 2.24) is 20.2 Å². The SMILES string of the molecule is Nc1cc2c(c(Cl)c1F)CCCCC(=O)NCCC1(O)CCCN(C1)c1nc(OC[C@@]34CCCN3C[C@H](F)C4)nc3c(F)c-2ccc13. The molecule has 6 bridgehead atoms. The number of alkyl halides is 1. The Morgan fingerprint density at radius 1 is 1.06 bits per heavy atom. The summed E-state index contributed by atoms with van der Waals surface area (Å²) < 4.78 is 52.5. The Morgan fingerprint density at radius 3 is 2.72 bits per heavy atom. The van der Waals surface area contributed by atoms with Gasteiger partial charge in [-0.3, -0.25) is 9.69 Å². The maximum atomic E-state index is 16.9. The number of anilines is 2. The number of nitrogens with two attached hydrogens (primary N) is 1. The van der Waals surface area contributed by atoms with Crippen LogP contribution in [0.3, 0.4) is 0 Å². The molecule has 8 rings (SSSR count). The Labute approximate surface area is 276 Å². The summed E-state index contributed by atoms with van der Waals surface area (Å²) in [5.41, 5.74) is 5.10. The van der Waals surface area contributed by atoms with E-state index in [1.807, 2.05) is 4.90 Å². The van der Waals surface area contributed by atoms with E-state index in [9.17, 15) is 18.7 Å². The zero-order valence-electron chi connectivity index (χ0n) is 26.3. The number of amides is 1. The second-order valence-corrected chi connectivity index (χ2v) is 14.1. The maximum Gasteiger partial charge on any atom is 0.319 e.